The first-order valence-electron chi connectivity index (χ1n) is 13.2. The first-order valence-corrected chi connectivity index (χ1v) is 13.2. The van der Waals surface area contributed by atoms with Crippen LogP contribution in [0, 0.1) is 23.7 Å². The number of rotatable bonds is 3. The number of aliphatic hydroxyl groups excluding tert-OH is 2. The molecule has 11 nitrogen and oxygen atoms in total. The number of anilines is 1. The molecule has 1 saturated carbocycles. The van der Waals surface area contributed by atoms with Crippen molar-refractivity contribution in [3.05, 3.63) is 69.5 Å². The second-order valence-electron chi connectivity index (χ2n) is 11.3. The van der Waals surface area contributed by atoms with E-state index in [2.05, 4.69) is 11.8 Å². The Morgan fingerprint density at radius 1 is 1.05 bits per heavy atom. The number of phenolic OH excluding ortho intramolecular Hbond substituents is 2. The van der Waals surface area contributed by atoms with Gasteiger partial charge in [0.2, 0.25) is 5.78 Å². The number of hydrogen-bond acceptors (Lipinski definition) is 10. The highest BCUT2D eigenvalue weighted by Crippen LogP contribution is 2.54. The van der Waals surface area contributed by atoms with E-state index in [1.165, 1.54) is 17.0 Å². The molecule has 0 aromatic heterocycles. The second kappa shape index (κ2) is 9.94. The number of benzene rings is 2. The van der Waals surface area contributed by atoms with Crippen LogP contribution in [0.4, 0.5) is 5.69 Å². The smallest absolute Gasteiger partial charge is 0.255 e. The number of likely N-dealkylation sites (N-methyl/N-ethyl adjacent to an activating group) is 1. The van der Waals surface area contributed by atoms with E-state index in [9.17, 15) is 39.9 Å². The fourth-order valence-corrected chi connectivity index (χ4v) is 6.51. The first kappa shape index (κ1) is 28.7. The van der Waals surface area contributed by atoms with Gasteiger partial charge in [-0.25, -0.2) is 0 Å². The van der Waals surface area contributed by atoms with E-state index in [4.69, 9.17) is 5.73 Å². The molecule has 0 saturated heterocycles. The summed E-state index contributed by atoms with van der Waals surface area (Å²) in [5.74, 6) is -1.39. The number of fused-ring (bicyclic) bond motifs is 3. The molecule has 11 heteroatoms. The van der Waals surface area contributed by atoms with Crippen LogP contribution >= 0.6 is 0 Å². The zero-order valence-electron chi connectivity index (χ0n) is 23.5. The standard InChI is InChI=1S/C31H31N3O8/c1-33(2)20-13-15(9-8-14-6-5-7-17(35)10-14)25(36)22-18(20)11-16-12-19-24(34(3)4)27(38)23(30(32)41)29(40)31(19,42)28(39)21(16)26(22)37/h5-7,10,13,16,19,24,35-37,40,42H,11-12H2,1-4H3,(H2,32,41)/t16-,19-,24+,31-/m1/s1. The lowest BCUT2D eigenvalue weighted by molar-refractivity contribution is -0.153. The largest absolute Gasteiger partial charge is 0.508 e. The van der Waals surface area contributed by atoms with E-state index in [0.717, 1.165) is 0 Å². The number of nitrogens with zero attached hydrogens (tertiary/aromatic N) is 2. The minimum Gasteiger partial charge on any atom is -0.508 e. The van der Waals surface area contributed by atoms with Crippen LogP contribution in [0.5, 0.6) is 11.5 Å². The normalized spacial score (nSPS) is 25.0. The number of aromatic hydroxyl groups is 2. The SMILES string of the molecule is CN(C)c1cc(C#Cc2cccc(O)c2)c(O)c2c1C[C@@H]1C[C@@H]3[C@H](N(C)C)C(=O)C(C(N)=O)=C(O)[C@]3(O)C(=O)C1=C2O. The maximum atomic E-state index is 14.1. The van der Waals surface area contributed by atoms with Gasteiger partial charge in [0.15, 0.2) is 11.4 Å². The van der Waals surface area contributed by atoms with E-state index in [-0.39, 0.29) is 35.3 Å². The summed E-state index contributed by atoms with van der Waals surface area (Å²) in [4.78, 5) is 42.7. The van der Waals surface area contributed by atoms with Crippen molar-refractivity contribution in [1.82, 2.24) is 4.90 Å². The molecule has 4 atom stereocenters. The fourth-order valence-electron chi connectivity index (χ4n) is 6.51. The van der Waals surface area contributed by atoms with Gasteiger partial charge < -0.3 is 36.2 Å². The van der Waals surface area contributed by atoms with Crippen LogP contribution in [-0.4, -0.2) is 87.7 Å². The summed E-state index contributed by atoms with van der Waals surface area (Å²) in [5, 5.41) is 55.4. The van der Waals surface area contributed by atoms with Crippen molar-refractivity contribution in [2.45, 2.75) is 24.5 Å². The van der Waals surface area contributed by atoms with Crippen LogP contribution < -0.4 is 10.6 Å². The van der Waals surface area contributed by atoms with Crippen LogP contribution in [0.2, 0.25) is 0 Å². The Morgan fingerprint density at radius 2 is 1.74 bits per heavy atom. The van der Waals surface area contributed by atoms with Crippen molar-refractivity contribution in [3.63, 3.8) is 0 Å². The summed E-state index contributed by atoms with van der Waals surface area (Å²) in [7, 11) is 6.65. The fraction of sp³-hybridized carbons (Fsp3) is 0.323. The van der Waals surface area contributed by atoms with Crippen molar-refractivity contribution >= 4 is 28.9 Å². The molecule has 0 bridgehead atoms. The molecule has 0 spiro atoms. The molecular weight excluding hydrogens is 542 g/mol. The molecule has 5 rings (SSSR count). The molecule has 3 aliphatic carbocycles. The van der Waals surface area contributed by atoms with Gasteiger partial charge in [-0.15, -0.1) is 0 Å². The Kier molecular flexibility index (Phi) is 6.80. The third kappa shape index (κ3) is 4.10. The Hall–Kier alpha value is -4.79. The topological polar surface area (TPSA) is 185 Å². The predicted octanol–water partition coefficient (Wildman–Crippen LogP) is 1.14. The predicted molar refractivity (Wildman–Crippen MR) is 153 cm³/mol. The minimum atomic E-state index is -2.71. The average molecular weight is 574 g/mol. The molecule has 42 heavy (non-hydrogen) atoms. The first-order chi connectivity index (χ1) is 19.7. The van der Waals surface area contributed by atoms with Crippen LogP contribution in [-0.2, 0) is 20.8 Å². The molecule has 0 aliphatic heterocycles. The van der Waals surface area contributed by atoms with E-state index >= 15 is 0 Å². The van der Waals surface area contributed by atoms with Gasteiger partial charge >= 0.3 is 0 Å². The highest BCUT2D eigenvalue weighted by Gasteiger charge is 2.64. The monoisotopic (exact) mass is 573 g/mol. The molecule has 1 fully saturated rings. The Balaban J connectivity index is 1.73. The molecule has 2 aromatic rings. The van der Waals surface area contributed by atoms with E-state index in [0.29, 0.717) is 16.8 Å². The van der Waals surface area contributed by atoms with Crippen molar-refractivity contribution < 1.29 is 39.9 Å². The van der Waals surface area contributed by atoms with Gasteiger partial charge in [0, 0.05) is 36.8 Å². The van der Waals surface area contributed by atoms with Crippen LogP contribution in [0.25, 0.3) is 5.76 Å². The van der Waals surface area contributed by atoms with E-state index in [1.807, 2.05) is 0 Å². The zero-order valence-corrected chi connectivity index (χ0v) is 23.5. The van der Waals surface area contributed by atoms with Crippen molar-refractivity contribution in [2.75, 3.05) is 33.1 Å². The number of nitrogens with two attached hydrogens (primary N) is 1. The molecular formula is C31H31N3O8. The van der Waals surface area contributed by atoms with Gasteiger partial charge in [0.1, 0.15) is 28.6 Å². The lowest BCUT2D eigenvalue weighted by Gasteiger charge is -2.50. The summed E-state index contributed by atoms with van der Waals surface area (Å²) >= 11 is 0. The Labute approximate surface area is 241 Å². The third-order valence-corrected chi connectivity index (χ3v) is 8.37. The number of phenols is 2. The summed E-state index contributed by atoms with van der Waals surface area (Å²) in [6, 6.07) is 6.74. The van der Waals surface area contributed by atoms with Crippen LogP contribution in [0.15, 0.2) is 47.2 Å². The number of amides is 1. The molecule has 3 aliphatic rings. The van der Waals surface area contributed by atoms with Gasteiger partial charge in [0.05, 0.1) is 17.2 Å². The number of hydrogen-bond donors (Lipinski definition) is 6. The number of Topliss-reactive ketones (excluding diaryl/α,β-unsaturated/α-hetero) is 2. The molecule has 0 unspecified atom stereocenters. The van der Waals surface area contributed by atoms with Gasteiger partial charge in [0.25, 0.3) is 5.91 Å². The number of carbonyl (C=O) groups is 3. The molecule has 0 radical (unpaired) electrons. The third-order valence-electron chi connectivity index (χ3n) is 8.37. The summed E-state index contributed by atoms with van der Waals surface area (Å²) < 4.78 is 0. The number of ketones is 2. The lowest BCUT2D eigenvalue weighted by Crippen LogP contribution is -2.65. The van der Waals surface area contributed by atoms with Crippen molar-refractivity contribution in [2.24, 2.45) is 17.6 Å². The van der Waals surface area contributed by atoms with Gasteiger partial charge in [-0.3, -0.25) is 19.3 Å². The molecule has 7 N–H and O–H groups in total. The zero-order chi connectivity index (χ0) is 30.8. The Bertz CT molecular complexity index is 1690. The van der Waals surface area contributed by atoms with Crippen LogP contribution in [0.1, 0.15) is 28.7 Å². The maximum Gasteiger partial charge on any atom is 0.255 e. The van der Waals surface area contributed by atoms with E-state index in [1.54, 1.807) is 51.3 Å². The van der Waals surface area contributed by atoms with E-state index < -0.39 is 63.8 Å². The molecule has 1 amide bonds. The summed E-state index contributed by atoms with van der Waals surface area (Å²) in [6.07, 6.45) is 0.161. The Morgan fingerprint density at radius 3 is 2.33 bits per heavy atom. The van der Waals surface area contributed by atoms with Gasteiger partial charge in [-0.1, -0.05) is 17.9 Å². The molecule has 0 heterocycles. The van der Waals surface area contributed by atoms with Gasteiger partial charge in [-0.2, -0.15) is 0 Å². The summed E-state index contributed by atoms with van der Waals surface area (Å²) in [6.45, 7) is 0. The average Bonchev–Trinajstić information content (AvgIpc) is 2.89. The highest BCUT2D eigenvalue weighted by molar-refractivity contribution is 6.24. The van der Waals surface area contributed by atoms with Crippen molar-refractivity contribution in [1.29, 1.82) is 0 Å². The number of primary amides is 1. The maximum absolute atomic E-state index is 14.1. The second-order valence-corrected chi connectivity index (χ2v) is 11.3. The molecule has 218 valence electrons. The minimum absolute atomic E-state index is 0.00154. The quantitative estimate of drug-likeness (QED) is 0.230. The number of aliphatic hydroxyl groups is 3. The summed E-state index contributed by atoms with van der Waals surface area (Å²) in [5.41, 5.74) is 3.29. The number of carbonyl (C=O) groups excluding carboxylic acids is 3. The van der Waals surface area contributed by atoms with Crippen LogP contribution in [0.3, 0.4) is 0 Å². The lowest BCUT2D eigenvalue weighted by atomic mass is 9.57. The van der Waals surface area contributed by atoms with Gasteiger partial charge in [-0.05, 0) is 62.7 Å². The molecule has 2 aromatic carbocycles. The highest BCUT2D eigenvalue weighted by atomic mass is 16.3. The van der Waals surface area contributed by atoms with Crippen molar-refractivity contribution in [3.8, 4) is 23.3 Å².